The molecule has 0 saturated carbocycles. The van der Waals surface area contributed by atoms with Gasteiger partial charge in [0.15, 0.2) is 0 Å². The molecule has 39 heavy (non-hydrogen) atoms. The second-order valence-corrected chi connectivity index (χ2v) is 9.54. The van der Waals surface area contributed by atoms with E-state index in [-0.39, 0.29) is 48.1 Å². The molecule has 6 nitrogen and oxygen atoms in total. The number of β-lactam (4-membered cyclic amide) rings is 1. The van der Waals surface area contributed by atoms with E-state index in [1.54, 1.807) is 12.0 Å². The summed E-state index contributed by atoms with van der Waals surface area (Å²) >= 11 is 0. The minimum Gasteiger partial charge on any atom is -0.497 e. The molecule has 4 aromatic rings. The molecular weight excluding hydrogens is 488 g/mol. The Bertz CT molecular complexity index is 1540. The summed E-state index contributed by atoms with van der Waals surface area (Å²) in [5.41, 5.74) is 3.53. The number of amides is 2. The van der Waals surface area contributed by atoms with Crippen LogP contribution < -0.4 is 15.0 Å². The maximum atomic E-state index is 13.5. The molecule has 4 aromatic carbocycles. The van der Waals surface area contributed by atoms with Crippen molar-refractivity contribution < 1.29 is 23.5 Å². The third-order valence-electron chi connectivity index (χ3n) is 7.14. The summed E-state index contributed by atoms with van der Waals surface area (Å²) < 4.78 is 28.5. The first-order valence-corrected chi connectivity index (χ1v) is 12.9. The number of rotatable bonds is 10. The van der Waals surface area contributed by atoms with Crippen LogP contribution in [0.25, 0.3) is 0 Å². The molecule has 2 N–H and O–H groups in total. The summed E-state index contributed by atoms with van der Waals surface area (Å²) in [5, 5.41) is 13.5. The highest BCUT2D eigenvalue weighted by atomic mass is 16.5. The van der Waals surface area contributed by atoms with E-state index >= 15 is 0 Å². The summed E-state index contributed by atoms with van der Waals surface area (Å²) in [6.07, 6.45) is 0.352. The Balaban J connectivity index is 1.29. The fraction of sp³-hybridized carbons (Fsp3) is 0.212. The molecule has 0 radical (unpaired) electrons. The summed E-state index contributed by atoms with van der Waals surface area (Å²) in [5.74, 6) is 0.00749. The molecule has 1 unspecified atom stereocenters. The number of aliphatic hydroxyl groups is 1. The van der Waals surface area contributed by atoms with Gasteiger partial charge in [-0.05, 0) is 65.9 Å². The number of methoxy groups -OCH3 is 1. The van der Waals surface area contributed by atoms with Crippen molar-refractivity contribution in [2.45, 2.75) is 31.5 Å². The van der Waals surface area contributed by atoms with E-state index in [2.05, 4.69) is 5.32 Å². The van der Waals surface area contributed by atoms with Crippen LogP contribution in [0.2, 0.25) is 0 Å². The maximum Gasteiger partial charge on any atom is 0.251 e. The van der Waals surface area contributed by atoms with Gasteiger partial charge in [0.05, 0.1) is 29.3 Å². The van der Waals surface area contributed by atoms with Crippen molar-refractivity contribution in [3.63, 3.8) is 0 Å². The van der Waals surface area contributed by atoms with Crippen molar-refractivity contribution in [2.75, 3.05) is 12.0 Å². The number of nitrogens with zero attached hydrogens (tertiary/aromatic N) is 1. The average Bonchev–Trinajstić information content (AvgIpc) is 3.02. The van der Waals surface area contributed by atoms with Gasteiger partial charge in [-0.2, -0.15) is 0 Å². The van der Waals surface area contributed by atoms with Crippen LogP contribution in [0, 0.1) is 5.92 Å². The minimum atomic E-state index is -0.649. The van der Waals surface area contributed by atoms with Crippen molar-refractivity contribution >= 4 is 17.5 Å². The molecule has 3 atom stereocenters. The highest BCUT2D eigenvalue weighted by Crippen LogP contribution is 2.46. The first-order valence-electron chi connectivity index (χ1n) is 14.4. The summed E-state index contributed by atoms with van der Waals surface area (Å²) in [4.78, 5) is 27.8. The van der Waals surface area contributed by atoms with Crippen LogP contribution in [0.3, 0.4) is 0 Å². The number of benzene rings is 4. The lowest BCUT2D eigenvalue weighted by atomic mass is 9.78. The molecule has 198 valence electrons. The SMILES string of the molecule is [3H]c1cc(C(=O)NCc2ccc(N3C(=O)C(CC[C@H](O)c4ccccc4)[C@H]3c3ccc(OC)cc3)cc2)cc([3H])c1[3H]. The van der Waals surface area contributed by atoms with E-state index < -0.39 is 12.0 Å². The van der Waals surface area contributed by atoms with Crippen LogP contribution in [0.15, 0.2) is 109 Å². The molecule has 1 aliphatic heterocycles. The monoisotopic (exact) mass is 526 g/mol. The highest BCUT2D eigenvalue weighted by Gasteiger charge is 2.48. The third-order valence-corrected chi connectivity index (χ3v) is 7.14. The molecule has 6 heteroatoms. The lowest BCUT2D eigenvalue weighted by molar-refractivity contribution is -0.131. The lowest BCUT2D eigenvalue weighted by Crippen LogP contribution is -2.55. The fourth-order valence-electron chi connectivity index (χ4n) is 4.98. The largest absolute Gasteiger partial charge is 0.497 e. The molecule has 0 aliphatic carbocycles. The van der Waals surface area contributed by atoms with Gasteiger partial charge in [0.2, 0.25) is 5.91 Å². The van der Waals surface area contributed by atoms with Crippen LogP contribution in [0.5, 0.6) is 5.75 Å². The molecule has 0 spiro atoms. The first kappa shape index (κ1) is 22.6. The van der Waals surface area contributed by atoms with Crippen molar-refractivity contribution in [3.8, 4) is 5.75 Å². The van der Waals surface area contributed by atoms with Crippen LogP contribution in [0.1, 0.15) is 56.1 Å². The molecule has 5 rings (SSSR count). The number of aliphatic hydroxyl groups excluding tert-OH is 1. The lowest BCUT2D eigenvalue weighted by Gasteiger charge is -2.48. The Morgan fingerprint density at radius 1 is 0.974 bits per heavy atom. The number of hydrogen-bond donors (Lipinski definition) is 2. The molecule has 2 amide bonds. The van der Waals surface area contributed by atoms with Crippen LogP contribution >= 0.6 is 0 Å². The number of ether oxygens (including phenoxy) is 1. The van der Waals surface area contributed by atoms with E-state index in [1.807, 2.05) is 78.9 Å². The van der Waals surface area contributed by atoms with Gasteiger partial charge in [-0.15, -0.1) is 0 Å². The van der Waals surface area contributed by atoms with Crippen LogP contribution in [-0.2, 0) is 11.3 Å². The number of hydrogen-bond acceptors (Lipinski definition) is 4. The zero-order valence-electron chi connectivity index (χ0n) is 24.6. The van der Waals surface area contributed by atoms with Gasteiger partial charge >= 0.3 is 0 Å². The first-order chi connectivity index (χ1) is 20.3. The van der Waals surface area contributed by atoms with Crippen molar-refractivity contribution in [2.24, 2.45) is 5.92 Å². The quantitative estimate of drug-likeness (QED) is 0.254. The van der Waals surface area contributed by atoms with E-state index in [4.69, 9.17) is 8.85 Å². The van der Waals surface area contributed by atoms with E-state index in [1.165, 1.54) is 12.1 Å². The van der Waals surface area contributed by atoms with Crippen molar-refractivity contribution in [1.29, 1.82) is 0 Å². The number of carbonyl (C=O) groups excluding carboxylic acids is 2. The maximum absolute atomic E-state index is 13.5. The van der Waals surface area contributed by atoms with E-state index in [9.17, 15) is 14.7 Å². The predicted octanol–water partition coefficient (Wildman–Crippen LogP) is 5.84. The Labute approximate surface area is 233 Å². The predicted molar refractivity (Wildman–Crippen MR) is 151 cm³/mol. The van der Waals surface area contributed by atoms with Crippen LogP contribution in [0.4, 0.5) is 5.69 Å². The minimum absolute atomic E-state index is 0.00707. The summed E-state index contributed by atoms with van der Waals surface area (Å²) in [6, 6.07) is 26.3. The normalized spacial score (nSPS) is 18.4. The van der Waals surface area contributed by atoms with E-state index in [0.717, 1.165) is 28.1 Å². The van der Waals surface area contributed by atoms with Gasteiger partial charge in [-0.25, -0.2) is 0 Å². The third kappa shape index (κ3) is 5.86. The second-order valence-electron chi connectivity index (χ2n) is 9.54. The molecule has 0 aromatic heterocycles. The van der Waals surface area contributed by atoms with Crippen LogP contribution in [-0.4, -0.2) is 24.0 Å². The van der Waals surface area contributed by atoms with Crippen molar-refractivity contribution in [3.05, 3.63) is 131 Å². The van der Waals surface area contributed by atoms with Gasteiger partial charge in [0, 0.05) is 17.8 Å². The molecule has 1 saturated heterocycles. The van der Waals surface area contributed by atoms with Gasteiger partial charge in [-0.1, -0.05) is 72.7 Å². The Kier molecular flexibility index (Phi) is 6.92. The van der Waals surface area contributed by atoms with Gasteiger partial charge in [0.1, 0.15) is 5.75 Å². The van der Waals surface area contributed by atoms with Crippen molar-refractivity contribution in [1.82, 2.24) is 5.32 Å². The standard InChI is InChI=1S/C33H32N2O4/c1-39-28-18-14-25(15-19-28)31-29(20-21-30(36)24-8-4-2-5-9-24)33(38)35(31)27-16-12-23(13-17-27)22-34-32(37)26-10-6-3-7-11-26/h2-19,29-31,36H,20-22H2,1H3,(H,34,37)/t29?,30-,31+/m0/s1/i3T,6T,7T. The van der Waals surface area contributed by atoms with E-state index in [0.29, 0.717) is 12.8 Å². The summed E-state index contributed by atoms with van der Waals surface area (Å²) in [7, 11) is 1.61. The van der Waals surface area contributed by atoms with Gasteiger partial charge in [-0.3, -0.25) is 9.59 Å². The Morgan fingerprint density at radius 2 is 1.67 bits per heavy atom. The van der Waals surface area contributed by atoms with Gasteiger partial charge in [0.25, 0.3) is 5.91 Å². The second kappa shape index (κ2) is 12.0. The Hall–Kier alpha value is -4.42. The molecule has 1 aliphatic rings. The highest BCUT2D eigenvalue weighted by molar-refractivity contribution is 6.03. The zero-order valence-corrected chi connectivity index (χ0v) is 21.6. The van der Waals surface area contributed by atoms with Gasteiger partial charge < -0.3 is 20.1 Å². The summed E-state index contributed by atoms with van der Waals surface area (Å²) in [6.45, 7) is 0.220. The smallest absolute Gasteiger partial charge is 0.251 e. The average molecular weight is 527 g/mol. The molecule has 1 fully saturated rings. The number of anilines is 1. The molecule has 0 bridgehead atoms. The topological polar surface area (TPSA) is 78.9 Å². The fourth-order valence-corrected chi connectivity index (χ4v) is 4.98. The Morgan fingerprint density at radius 3 is 2.33 bits per heavy atom. The number of nitrogens with one attached hydrogen (secondary N) is 1. The zero-order chi connectivity index (χ0) is 29.8. The molecule has 1 heterocycles. The molecular formula is C33H32N2O4. The number of carbonyl (C=O) groups is 2.